The van der Waals surface area contributed by atoms with Crippen molar-refractivity contribution in [2.24, 2.45) is 5.92 Å². The van der Waals surface area contributed by atoms with E-state index in [-0.39, 0.29) is 23.5 Å². The molecule has 1 aliphatic rings. The fraction of sp³-hybridized carbons (Fsp3) is 0.320. The molecule has 1 aromatic heterocycles. The van der Waals surface area contributed by atoms with Crippen LogP contribution in [0.5, 0.6) is 0 Å². The third kappa shape index (κ3) is 4.72. The topological polar surface area (TPSA) is 62.3 Å². The molecular weight excluding hydrogens is 425 g/mol. The molecule has 0 radical (unpaired) electrons. The van der Waals surface area contributed by atoms with E-state index in [0.29, 0.717) is 36.6 Å². The number of nitrogens with one attached hydrogen (secondary N) is 1. The van der Waals surface area contributed by atoms with Crippen LogP contribution in [0.3, 0.4) is 0 Å². The highest BCUT2D eigenvalue weighted by Gasteiger charge is 2.28. The number of piperidine rings is 1. The lowest BCUT2D eigenvalue weighted by Crippen LogP contribution is -2.41. The lowest BCUT2D eigenvalue weighted by Gasteiger charge is -2.31. The second-order valence-electron chi connectivity index (χ2n) is 8.35. The zero-order valence-corrected chi connectivity index (χ0v) is 19.3. The van der Waals surface area contributed by atoms with Crippen LogP contribution in [-0.2, 0) is 4.79 Å². The molecule has 0 spiro atoms. The first kappa shape index (κ1) is 22.1. The van der Waals surface area contributed by atoms with Gasteiger partial charge in [0.2, 0.25) is 5.91 Å². The summed E-state index contributed by atoms with van der Waals surface area (Å²) in [6.45, 7) is 7.25. The molecule has 2 heterocycles. The second-order valence-corrected chi connectivity index (χ2v) is 9.21. The zero-order chi connectivity index (χ0) is 22.8. The van der Waals surface area contributed by atoms with E-state index in [1.54, 1.807) is 4.90 Å². The Balaban J connectivity index is 1.35. The van der Waals surface area contributed by atoms with Crippen molar-refractivity contribution in [2.75, 3.05) is 18.4 Å². The first-order chi connectivity index (χ1) is 15.3. The SMILES string of the molecule is Cc1cc(C)c(-c2csc(NC(=O)C3CCN(C(=O)c4ccc(F)cc4)CC3)n2)cc1C. The van der Waals surface area contributed by atoms with Crippen LogP contribution < -0.4 is 5.32 Å². The van der Waals surface area contributed by atoms with Gasteiger partial charge < -0.3 is 10.2 Å². The van der Waals surface area contributed by atoms with Crippen molar-refractivity contribution < 1.29 is 14.0 Å². The average molecular weight is 452 g/mol. The largest absolute Gasteiger partial charge is 0.339 e. The van der Waals surface area contributed by atoms with Crippen LogP contribution in [0.1, 0.15) is 39.9 Å². The van der Waals surface area contributed by atoms with Gasteiger partial charge in [-0.1, -0.05) is 6.07 Å². The predicted molar refractivity (Wildman–Crippen MR) is 125 cm³/mol. The Hall–Kier alpha value is -3.06. The predicted octanol–water partition coefficient (Wildman–Crippen LogP) is 5.37. The lowest BCUT2D eigenvalue weighted by molar-refractivity contribution is -0.121. The number of likely N-dealkylation sites (tertiary alicyclic amines) is 1. The van der Waals surface area contributed by atoms with Gasteiger partial charge in [-0.3, -0.25) is 9.59 Å². The molecule has 0 bridgehead atoms. The van der Waals surface area contributed by atoms with E-state index in [4.69, 9.17) is 0 Å². The normalized spacial score (nSPS) is 14.4. The maximum absolute atomic E-state index is 13.1. The van der Waals surface area contributed by atoms with Gasteiger partial charge in [0.15, 0.2) is 5.13 Å². The number of aromatic nitrogens is 1. The summed E-state index contributed by atoms with van der Waals surface area (Å²) in [4.78, 5) is 31.7. The lowest BCUT2D eigenvalue weighted by atomic mass is 9.95. The molecular formula is C25H26FN3O2S. The van der Waals surface area contributed by atoms with Gasteiger partial charge in [-0.05, 0) is 80.6 Å². The number of amides is 2. The molecule has 1 saturated heterocycles. The van der Waals surface area contributed by atoms with Crippen molar-refractivity contribution in [1.29, 1.82) is 0 Å². The highest BCUT2D eigenvalue weighted by Crippen LogP contribution is 2.30. The summed E-state index contributed by atoms with van der Waals surface area (Å²) in [5, 5.41) is 5.51. The van der Waals surface area contributed by atoms with E-state index in [2.05, 4.69) is 43.2 Å². The maximum atomic E-state index is 13.1. The third-order valence-electron chi connectivity index (χ3n) is 6.10. The van der Waals surface area contributed by atoms with E-state index in [9.17, 15) is 14.0 Å². The van der Waals surface area contributed by atoms with Crippen molar-refractivity contribution in [3.63, 3.8) is 0 Å². The average Bonchev–Trinajstić information content (AvgIpc) is 3.24. The number of halogens is 1. The molecule has 1 fully saturated rings. The Labute approximate surface area is 191 Å². The molecule has 5 nitrogen and oxygen atoms in total. The van der Waals surface area contributed by atoms with Crippen LogP contribution in [0.15, 0.2) is 41.8 Å². The Morgan fingerprint density at radius 2 is 1.69 bits per heavy atom. The highest BCUT2D eigenvalue weighted by molar-refractivity contribution is 7.14. The van der Waals surface area contributed by atoms with E-state index < -0.39 is 0 Å². The summed E-state index contributed by atoms with van der Waals surface area (Å²) >= 11 is 1.42. The highest BCUT2D eigenvalue weighted by atomic mass is 32.1. The summed E-state index contributed by atoms with van der Waals surface area (Å²) < 4.78 is 13.1. The van der Waals surface area contributed by atoms with E-state index in [1.807, 2.05) is 5.38 Å². The van der Waals surface area contributed by atoms with Gasteiger partial charge in [-0.15, -0.1) is 11.3 Å². The van der Waals surface area contributed by atoms with E-state index in [1.165, 1.54) is 46.7 Å². The third-order valence-corrected chi connectivity index (χ3v) is 6.85. The molecule has 0 aliphatic carbocycles. The molecule has 2 amide bonds. The Morgan fingerprint density at radius 3 is 2.38 bits per heavy atom. The van der Waals surface area contributed by atoms with Crippen LogP contribution in [0.25, 0.3) is 11.3 Å². The summed E-state index contributed by atoms with van der Waals surface area (Å²) in [7, 11) is 0. The monoisotopic (exact) mass is 451 g/mol. The summed E-state index contributed by atoms with van der Waals surface area (Å²) in [5.74, 6) is -0.716. The van der Waals surface area contributed by atoms with Crippen molar-refractivity contribution in [1.82, 2.24) is 9.88 Å². The fourth-order valence-corrected chi connectivity index (χ4v) is 4.73. The number of aryl methyl sites for hydroxylation is 3. The zero-order valence-electron chi connectivity index (χ0n) is 18.4. The first-order valence-electron chi connectivity index (χ1n) is 10.7. The molecule has 0 saturated carbocycles. The Bertz CT molecular complexity index is 1150. The number of anilines is 1. The van der Waals surface area contributed by atoms with Crippen molar-refractivity contribution >= 4 is 28.3 Å². The van der Waals surface area contributed by atoms with Gasteiger partial charge in [-0.25, -0.2) is 9.37 Å². The summed E-state index contributed by atoms with van der Waals surface area (Å²) in [6.07, 6.45) is 1.18. The number of benzene rings is 2. The molecule has 1 aliphatic heterocycles. The molecule has 32 heavy (non-hydrogen) atoms. The van der Waals surface area contributed by atoms with Crippen molar-refractivity contribution in [3.8, 4) is 11.3 Å². The Kier molecular flexibility index (Phi) is 6.37. The molecule has 4 rings (SSSR count). The second kappa shape index (κ2) is 9.20. The molecule has 166 valence electrons. The molecule has 7 heteroatoms. The van der Waals surface area contributed by atoms with Gasteiger partial charge in [-0.2, -0.15) is 0 Å². The quantitative estimate of drug-likeness (QED) is 0.580. The summed E-state index contributed by atoms with van der Waals surface area (Å²) in [5.41, 5.74) is 6.04. The summed E-state index contributed by atoms with van der Waals surface area (Å²) in [6, 6.07) is 9.86. The molecule has 0 unspecified atom stereocenters. The molecule has 1 N–H and O–H groups in total. The first-order valence-corrected chi connectivity index (χ1v) is 11.6. The fourth-order valence-electron chi connectivity index (χ4n) is 4.02. The van der Waals surface area contributed by atoms with Crippen LogP contribution in [0.4, 0.5) is 9.52 Å². The smallest absolute Gasteiger partial charge is 0.253 e. The standard InChI is InChI=1S/C25H26FN3O2S/c1-15-12-17(3)21(13-16(15)2)22-14-32-25(27-22)28-23(30)18-8-10-29(11-9-18)24(31)19-4-6-20(26)7-5-19/h4-7,12-14,18H,8-11H2,1-3H3,(H,27,28,30). The minimum atomic E-state index is -0.366. The number of hydrogen-bond donors (Lipinski definition) is 1. The van der Waals surface area contributed by atoms with Gasteiger partial charge >= 0.3 is 0 Å². The maximum Gasteiger partial charge on any atom is 0.253 e. The molecule has 2 aromatic carbocycles. The van der Waals surface area contributed by atoms with E-state index >= 15 is 0 Å². The number of rotatable bonds is 4. The number of carbonyl (C=O) groups is 2. The number of thiazole rings is 1. The van der Waals surface area contributed by atoms with Gasteiger partial charge in [0.25, 0.3) is 5.91 Å². The van der Waals surface area contributed by atoms with E-state index in [0.717, 1.165) is 16.8 Å². The number of carbonyl (C=O) groups excluding carboxylic acids is 2. The Morgan fingerprint density at radius 1 is 1.03 bits per heavy atom. The van der Waals surface area contributed by atoms with Gasteiger partial charge in [0, 0.05) is 35.5 Å². The molecule has 3 aromatic rings. The number of hydrogen-bond acceptors (Lipinski definition) is 4. The van der Waals surface area contributed by atoms with Crippen molar-refractivity contribution in [3.05, 3.63) is 69.8 Å². The van der Waals surface area contributed by atoms with Crippen LogP contribution in [0, 0.1) is 32.5 Å². The minimum absolute atomic E-state index is 0.0587. The molecule has 0 atom stereocenters. The van der Waals surface area contributed by atoms with Gasteiger partial charge in [0.05, 0.1) is 5.69 Å². The van der Waals surface area contributed by atoms with Crippen LogP contribution >= 0.6 is 11.3 Å². The van der Waals surface area contributed by atoms with Crippen LogP contribution in [-0.4, -0.2) is 34.8 Å². The van der Waals surface area contributed by atoms with Crippen molar-refractivity contribution in [2.45, 2.75) is 33.6 Å². The minimum Gasteiger partial charge on any atom is -0.339 e. The van der Waals surface area contributed by atoms with Gasteiger partial charge in [0.1, 0.15) is 5.82 Å². The number of nitrogens with zero attached hydrogens (tertiary/aromatic N) is 2. The van der Waals surface area contributed by atoms with Crippen LogP contribution in [0.2, 0.25) is 0 Å².